The number of likely N-dealkylation sites (N-methyl/N-ethyl adjacent to an activating group) is 1. The molecule has 0 saturated heterocycles. The Balaban J connectivity index is 2.95. The SMILES string of the molecule is CC(O)CN(C)c1cc(N)nc(C(C)C)n1. The van der Waals surface area contributed by atoms with Crippen LogP contribution in [0.15, 0.2) is 6.07 Å². The lowest BCUT2D eigenvalue weighted by molar-refractivity contribution is 0.201. The topological polar surface area (TPSA) is 75.3 Å². The average Bonchev–Trinajstić information content (AvgIpc) is 2.15. The van der Waals surface area contributed by atoms with Crippen LogP contribution in [0.1, 0.15) is 32.5 Å². The van der Waals surface area contributed by atoms with Gasteiger partial charge in [0.25, 0.3) is 0 Å². The third-order valence-corrected chi connectivity index (χ3v) is 2.20. The first-order valence-corrected chi connectivity index (χ1v) is 5.43. The fourth-order valence-corrected chi connectivity index (χ4v) is 1.42. The maximum atomic E-state index is 9.32. The summed E-state index contributed by atoms with van der Waals surface area (Å²) in [4.78, 5) is 10.5. The maximum absolute atomic E-state index is 9.32. The van der Waals surface area contributed by atoms with Gasteiger partial charge >= 0.3 is 0 Å². The monoisotopic (exact) mass is 224 g/mol. The van der Waals surface area contributed by atoms with Crippen LogP contribution in [-0.4, -0.2) is 34.8 Å². The van der Waals surface area contributed by atoms with Gasteiger partial charge in [-0.15, -0.1) is 0 Å². The summed E-state index contributed by atoms with van der Waals surface area (Å²) < 4.78 is 0. The number of nitrogen functional groups attached to an aromatic ring is 1. The normalized spacial score (nSPS) is 12.9. The van der Waals surface area contributed by atoms with Crippen molar-refractivity contribution in [3.05, 3.63) is 11.9 Å². The molecule has 5 heteroatoms. The molecule has 1 unspecified atom stereocenters. The predicted octanol–water partition coefficient (Wildman–Crippen LogP) is 0.999. The minimum atomic E-state index is -0.399. The summed E-state index contributed by atoms with van der Waals surface area (Å²) in [5, 5.41) is 9.32. The highest BCUT2D eigenvalue weighted by molar-refractivity contribution is 5.46. The van der Waals surface area contributed by atoms with Crippen LogP contribution < -0.4 is 10.6 Å². The van der Waals surface area contributed by atoms with E-state index in [0.29, 0.717) is 12.4 Å². The van der Waals surface area contributed by atoms with Gasteiger partial charge in [0.2, 0.25) is 0 Å². The molecule has 0 fully saturated rings. The Morgan fingerprint density at radius 3 is 2.50 bits per heavy atom. The molecule has 90 valence electrons. The van der Waals surface area contributed by atoms with Gasteiger partial charge in [0, 0.05) is 25.6 Å². The first-order valence-electron chi connectivity index (χ1n) is 5.43. The van der Waals surface area contributed by atoms with E-state index in [1.165, 1.54) is 0 Å². The Labute approximate surface area is 96.3 Å². The van der Waals surface area contributed by atoms with E-state index in [0.717, 1.165) is 11.6 Å². The molecule has 1 atom stereocenters. The predicted molar refractivity (Wildman–Crippen MR) is 65.5 cm³/mol. The maximum Gasteiger partial charge on any atom is 0.135 e. The first-order chi connectivity index (χ1) is 7.40. The Morgan fingerprint density at radius 1 is 1.38 bits per heavy atom. The van der Waals surface area contributed by atoms with Gasteiger partial charge in [-0.25, -0.2) is 9.97 Å². The highest BCUT2D eigenvalue weighted by Crippen LogP contribution is 2.17. The Hall–Kier alpha value is -1.36. The van der Waals surface area contributed by atoms with E-state index in [2.05, 4.69) is 9.97 Å². The summed E-state index contributed by atoms with van der Waals surface area (Å²) >= 11 is 0. The summed E-state index contributed by atoms with van der Waals surface area (Å²) in [6.07, 6.45) is -0.399. The number of nitrogens with two attached hydrogens (primary N) is 1. The van der Waals surface area contributed by atoms with E-state index >= 15 is 0 Å². The Morgan fingerprint density at radius 2 is 2.00 bits per heavy atom. The van der Waals surface area contributed by atoms with E-state index in [1.54, 1.807) is 13.0 Å². The molecule has 0 spiro atoms. The summed E-state index contributed by atoms with van der Waals surface area (Å²) in [6, 6.07) is 1.72. The molecule has 0 aliphatic carbocycles. The fourth-order valence-electron chi connectivity index (χ4n) is 1.42. The van der Waals surface area contributed by atoms with Crippen LogP contribution >= 0.6 is 0 Å². The van der Waals surface area contributed by atoms with Gasteiger partial charge in [-0.3, -0.25) is 0 Å². The van der Waals surface area contributed by atoms with Crippen molar-refractivity contribution in [2.24, 2.45) is 0 Å². The Kier molecular flexibility index (Phi) is 4.06. The van der Waals surface area contributed by atoms with E-state index in [4.69, 9.17) is 5.73 Å². The van der Waals surface area contributed by atoms with Crippen molar-refractivity contribution in [2.45, 2.75) is 32.8 Å². The third kappa shape index (κ3) is 3.34. The van der Waals surface area contributed by atoms with E-state index < -0.39 is 6.10 Å². The lowest BCUT2D eigenvalue weighted by Crippen LogP contribution is -2.28. The molecule has 0 radical (unpaired) electrons. The lowest BCUT2D eigenvalue weighted by Gasteiger charge is -2.20. The molecule has 0 aliphatic heterocycles. The number of hydrogen-bond acceptors (Lipinski definition) is 5. The van der Waals surface area contributed by atoms with Crippen molar-refractivity contribution in [1.29, 1.82) is 0 Å². The third-order valence-electron chi connectivity index (χ3n) is 2.20. The molecule has 1 rings (SSSR count). The second kappa shape index (κ2) is 5.12. The van der Waals surface area contributed by atoms with E-state index in [1.807, 2.05) is 25.8 Å². The molecule has 0 aromatic carbocycles. The summed E-state index contributed by atoms with van der Waals surface area (Å²) in [7, 11) is 1.87. The number of rotatable bonds is 4. The second-order valence-electron chi connectivity index (χ2n) is 4.39. The van der Waals surface area contributed by atoms with Gasteiger partial charge in [-0.1, -0.05) is 13.8 Å². The van der Waals surface area contributed by atoms with Crippen LogP contribution in [0, 0.1) is 0 Å². The van der Waals surface area contributed by atoms with Crippen molar-refractivity contribution in [3.63, 3.8) is 0 Å². The molecule has 1 heterocycles. The van der Waals surface area contributed by atoms with Crippen LogP contribution in [-0.2, 0) is 0 Å². The molecule has 5 nitrogen and oxygen atoms in total. The van der Waals surface area contributed by atoms with Gasteiger partial charge < -0.3 is 15.7 Å². The highest BCUT2D eigenvalue weighted by atomic mass is 16.3. The fraction of sp³-hybridized carbons (Fsp3) is 0.636. The zero-order valence-electron chi connectivity index (χ0n) is 10.3. The number of aliphatic hydroxyl groups is 1. The van der Waals surface area contributed by atoms with Crippen LogP contribution in [0.2, 0.25) is 0 Å². The van der Waals surface area contributed by atoms with Crippen LogP contribution in [0.4, 0.5) is 11.6 Å². The number of nitrogens with zero attached hydrogens (tertiary/aromatic N) is 3. The van der Waals surface area contributed by atoms with Crippen molar-refractivity contribution in [1.82, 2.24) is 9.97 Å². The van der Waals surface area contributed by atoms with E-state index in [-0.39, 0.29) is 5.92 Å². The van der Waals surface area contributed by atoms with Crippen molar-refractivity contribution in [2.75, 3.05) is 24.2 Å². The molecule has 1 aromatic rings. The molecule has 0 amide bonds. The second-order valence-corrected chi connectivity index (χ2v) is 4.39. The molecule has 0 bridgehead atoms. The van der Waals surface area contributed by atoms with Gasteiger partial charge in [-0.2, -0.15) is 0 Å². The molecular formula is C11H20N4O. The summed E-state index contributed by atoms with van der Waals surface area (Å²) in [5.41, 5.74) is 5.73. The van der Waals surface area contributed by atoms with Crippen molar-refractivity contribution < 1.29 is 5.11 Å². The minimum Gasteiger partial charge on any atom is -0.392 e. The average molecular weight is 224 g/mol. The van der Waals surface area contributed by atoms with Gasteiger partial charge in [0.15, 0.2) is 0 Å². The summed E-state index contributed by atoms with van der Waals surface area (Å²) in [6.45, 7) is 6.30. The van der Waals surface area contributed by atoms with Crippen LogP contribution in [0.3, 0.4) is 0 Å². The van der Waals surface area contributed by atoms with Crippen LogP contribution in [0.5, 0.6) is 0 Å². The molecule has 3 N–H and O–H groups in total. The Bertz CT molecular complexity index is 352. The number of anilines is 2. The summed E-state index contributed by atoms with van der Waals surface area (Å²) in [5.74, 6) is 2.18. The first kappa shape index (κ1) is 12.7. The van der Waals surface area contributed by atoms with Gasteiger partial charge in [-0.05, 0) is 6.92 Å². The molecule has 16 heavy (non-hydrogen) atoms. The zero-order valence-corrected chi connectivity index (χ0v) is 10.3. The van der Waals surface area contributed by atoms with Gasteiger partial charge in [0.1, 0.15) is 17.5 Å². The highest BCUT2D eigenvalue weighted by Gasteiger charge is 2.10. The number of aromatic nitrogens is 2. The minimum absolute atomic E-state index is 0.238. The molecule has 1 aromatic heterocycles. The quantitative estimate of drug-likeness (QED) is 0.798. The molecule has 0 aliphatic rings. The lowest BCUT2D eigenvalue weighted by atomic mass is 10.2. The zero-order chi connectivity index (χ0) is 12.3. The molecule has 0 saturated carbocycles. The standard InChI is InChI=1S/C11H20N4O/c1-7(2)11-13-9(12)5-10(14-11)15(4)6-8(3)16/h5,7-8,16H,6H2,1-4H3,(H2,12,13,14). The largest absolute Gasteiger partial charge is 0.392 e. The number of hydrogen-bond donors (Lipinski definition) is 2. The smallest absolute Gasteiger partial charge is 0.135 e. The number of aliphatic hydroxyl groups excluding tert-OH is 1. The van der Waals surface area contributed by atoms with Gasteiger partial charge in [0.05, 0.1) is 6.10 Å². The van der Waals surface area contributed by atoms with Crippen molar-refractivity contribution in [3.8, 4) is 0 Å². The van der Waals surface area contributed by atoms with E-state index in [9.17, 15) is 5.11 Å². The molecular weight excluding hydrogens is 204 g/mol. The van der Waals surface area contributed by atoms with Crippen molar-refractivity contribution >= 4 is 11.6 Å². The van der Waals surface area contributed by atoms with Crippen LogP contribution in [0.25, 0.3) is 0 Å².